The van der Waals surface area contributed by atoms with Crippen LogP contribution in [0.1, 0.15) is 12.8 Å². The van der Waals surface area contributed by atoms with Crippen molar-refractivity contribution in [1.29, 1.82) is 0 Å². The van der Waals surface area contributed by atoms with E-state index in [0.717, 1.165) is 6.42 Å². The van der Waals surface area contributed by atoms with Crippen LogP contribution in [0.3, 0.4) is 0 Å². The predicted molar refractivity (Wildman–Crippen MR) is 62.0 cm³/mol. The fraction of sp³-hybridized carbons (Fsp3) is 0.417. The fourth-order valence-electron chi connectivity index (χ4n) is 1.86. The first-order valence-corrected chi connectivity index (χ1v) is 5.61. The molecule has 0 aromatic heterocycles. The molecule has 2 unspecified atom stereocenters. The van der Waals surface area contributed by atoms with Crippen molar-refractivity contribution in [1.82, 2.24) is 0 Å². The van der Waals surface area contributed by atoms with Crippen molar-refractivity contribution in [2.75, 3.05) is 11.9 Å². The molecule has 1 heterocycles. The molecule has 17 heavy (non-hydrogen) atoms. The highest BCUT2D eigenvalue weighted by molar-refractivity contribution is 5.94. The molecule has 4 nitrogen and oxygen atoms in total. The molecule has 0 saturated carbocycles. The number of anilines is 1. The van der Waals surface area contributed by atoms with Gasteiger partial charge in [-0.1, -0.05) is 6.07 Å². The summed E-state index contributed by atoms with van der Waals surface area (Å²) in [6.07, 6.45) is 0.922. The molecule has 1 amide bonds. The lowest BCUT2D eigenvalue weighted by atomic mass is 10.2. The van der Waals surface area contributed by atoms with Crippen LogP contribution in [0.5, 0.6) is 0 Å². The van der Waals surface area contributed by atoms with E-state index in [0.29, 0.717) is 18.7 Å². The van der Waals surface area contributed by atoms with Gasteiger partial charge in [-0.2, -0.15) is 0 Å². The van der Waals surface area contributed by atoms with Crippen LogP contribution in [0.15, 0.2) is 24.3 Å². The summed E-state index contributed by atoms with van der Waals surface area (Å²) >= 11 is 0. The largest absolute Gasteiger partial charge is 0.364 e. The Morgan fingerprint density at radius 3 is 3.00 bits per heavy atom. The van der Waals surface area contributed by atoms with Gasteiger partial charge in [-0.3, -0.25) is 4.79 Å². The van der Waals surface area contributed by atoms with Crippen LogP contribution in [-0.2, 0) is 9.53 Å². The van der Waals surface area contributed by atoms with Crippen molar-refractivity contribution < 1.29 is 13.9 Å². The highest BCUT2D eigenvalue weighted by Gasteiger charge is 2.29. The van der Waals surface area contributed by atoms with E-state index in [1.807, 2.05) is 0 Å². The summed E-state index contributed by atoms with van der Waals surface area (Å²) in [5.74, 6) is -0.624. The van der Waals surface area contributed by atoms with Gasteiger partial charge in [0.25, 0.3) is 5.91 Å². The standard InChI is InChI=1S/C12H15FN2O2/c13-8-2-1-3-9(6-8)15-12(16)11-5-4-10(7-14)17-11/h1-3,6,10-11H,4-5,7,14H2,(H,15,16). The second-order valence-corrected chi connectivity index (χ2v) is 4.06. The summed E-state index contributed by atoms with van der Waals surface area (Å²) in [6.45, 7) is 0.420. The maximum absolute atomic E-state index is 12.9. The number of hydrogen-bond donors (Lipinski definition) is 2. The average Bonchev–Trinajstić information content (AvgIpc) is 2.77. The van der Waals surface area contributed by atoms with E-state index >= 15 is 0 Å². The molecule has 0 bridgehead atoms. The molecule has 0 aliphatic carbocycles. The number of carbonyl (C=O) groups excluding carboxylic acids is 1. The van der Waals surface area contributed by atoms with Crippen LogP contribution < -0.4 is 11.1 Å². The van der Waals surface area contributed by atoms with E-state index in [1.165, 1.54) is 12.1 Å². The minimum atomic E-state index is -0.480. The number of ether oxygens (including phenoxy) is 1. The molecule has 92 valence electrons. The van der Waals surface area contributed by atoms with Gasteiger partial charge in [0.15, 0.2) is 0 Å². The van der Waals surface area contributed by atoms with Crippen molar-refractivity contribution in [3.05, 3.63) is 30.1 Å². The number of carbonyl (C=O) groups is 1. The van der Waals surface area contributed by atoms with Crippen LogP contribution in [0.4, 0.5) is 10.1 Å². The summed E-state index contributed by atoms with van der Waals surface area (Å²) < 4.78 is 18.4. The van der Waals surface area contributed by atoms with Gasteiger partial charge < -0.3 is 15.8 Å². The Labute approximate surface area is 98.9 Å². The molecule has 2 atom stereocenters. The van der Waals surface area contributed by atoms with Crippen LogP contribution in [0, 0.1) is 5.82 Å². The Kier molecular flexibility index (Phi) is 3.71. The van der Waals surface area contributed by atoms with Gasteiger partial charge >= 0.3 is 0 Å². The molecule has 1 aromatic rings. The van der Waals surface area contributed by atoms with Gasteiger partial charge in [0.2, 0.25) is 0 Å². The third-order valence-corrected chi connectivity index (χ3v) is 2.76. The van der Waals surface area contributed by atoms with E-state index < -0.39 is 6.10 Å². The molecular weight excluding hydrogens is 223 g/mol. The van der Waals surface area contributed by atoms with Crippen molar-refractivity contribution >= 4 is 11.6 Å². The Morgan fingerprint density at radius 2 is 2.35 bits per heavy atom. The van der Waals surface area contributed by atoms with Crippen molar-refractivity contribution in [3.63, 3.8) is 0 Å². The number of nitrogens with two attached hydrogens (primary N) is 1. The highest BCUT2D eigenvalue weighted by atomic mass is 19.1. The molecule has 3 N–H and O–H groups in total. The zero-order valence-corrected chi connectivity index (χ0v) is 9.36. The maximum Gasteiger partial charge on any atom is 0.253 e. The maximum atomic E-state index is 12.9. The number of rotatable bonds is 3. The van der Waals surface area contributed by atoms with E-state index in [-0.39, 0.29) is 17.8 Å². The van der Waals surface area contributed by atoms with E-state index in [2.05, 4.69) is 5.32 Å². The normalized spacial score (nSPS) is 23.6. The van der Waals surface area contributed by atoms with E-state index in [1.54, 1.807) is 12.1 Å². The van der Waals surface area contributed by atoms with Crippen molar-refractivity contribution in [3.8, 4) is 0 Å². The minimum absolute atomic E-state index is 0.0433. The molecule has 0 spiro atoms. The minimum Gasteiger partial charge on any atom is -0.364 e. The molecule has 5 heteroatoms. The zero-order valence-electron chi connectivity index (χ0n) is 9.36. The quantitative estimate of drug-likeness (QED) is 0.833. The Morgan fingerprint density at radius 1 is 1.53 bits per heavy atom. The first-order chi connectivity index (χ1) is 8.19. The molecule has 1 fully saturated rings. The lowest BCUT2D eigenvalue weighted by Crippen LogP contribution is -2.29. The number of hydrogen-bond acceptors (Lipinski definition) is 3. The SMILES string of the molecule is NCC1CCC(C(=O)Nc2cccc(F)c2)O1. The second kappa shape index (κ2) is 5.25. The van der Waals surface area contributed by atoms with Crippen LogP contribution in [0.25, 0.3) is 0 Å². The summed E-state index contributed by atoms with van der Waals surface area (Å²) in [4.78, 5) is 11.8. The van der Waals surface area contributed by atoms with Crippen LogP contribution in [-0.4, -0.2) is 24.7 Å². The van der Waals surface area contributed by atoms with Gasteiger partial charge in [-0.05, 0) is 31.0 Å². The number of amides is 1. The summed E-state index contributed by atoms with van der Waals surface area (Å²) in [5.41, 5.74) is 5.90. The van der Waals surface area contributed by atoms with Crippen LogP contribution in [0.2, 0.25) is 0 Å². The first kappa shape index (κ1) is 12.0. The Hall–Kier alpha value is -1.46. The Balaban J connectivity index is 1.93. The summed E-state index contributed by atoms with van der Waals surface area (Å²) in [5, 5.41) is 2.62. The molecule has 1 aliphatic heterocycles. The van der Waals surface area contributed by atoms with Gasteiger partial charge in [-0.25, -0.2) is 4.39 Å². The highest BCUT2D eigenvalue weighted by Crippen LogP contribution is 2.20. The smallest absolute Gasteiger partial charge is 0.253 e. The van der Waals surface area contributed by atoms with Crippen molar-refractivity contribution in [2.45, 2.75) is 25.0 Å². The lowest BCUT2D eigenvalue weighted by molar-refractivity contribution is -0.126. The molecule has 1 aromatic carbocycles. The monoisotopic (exact) mass is 238 g/mol. The zero-order chi connectivity index (χ0) is 12.3. The number of nitrogens with one attached hydrogen (secondary N) is 1. The molecular formula is C12H15FN2O2. The number of benzene rings is 1. The lowest BCUT2D eigenvalue weighted by Gasteiger charge is -2.12. The molecule has 1 aliphatic rings. The van der Waals surface area contributed by atoms with Gasteiger partial charge in [0, 0.05) is 12.2 Å². The predicted octanol–water partition coefficient (Wildman–Crippen LogP) is 1.27. The molecule has 1 saturated heterocycles. The van der Waals surface area contributed by atoms with Crippen molar-refractivity contribution in [2.24, 2.45) is 5.73 Å². The first-order valence-electron chi connectivity index (χ1n) is 5.61. The van der Waals surface area contributed by atoms with Gasteiger partial charge in [0.1, 0.15) is 11.9 Å². The molecule has 0 radical (unpaired) electrons. The molecule has 2 rings (SSSR count). The summed E-state index contributed by atoms with van der Waals surface area (Å²) in [7, 11) is 0. The van der Waals surface area contributed by atoms with Gasteiger partial charge in [-0.15, -0.1) is 0 Å². The third kappa shape index (κ3) is 3.01. The topological polar surface area (TPSA) is 64.4 Å². The van der Waals surface area contributed by atoms with E-state index in [9.17, 15) is 9.18 Å². The van der Waals surface area contributed by atoms with Crippen LogP contribution >= 0.6 is 0 Å². The second-order valence-electron chi connectivity index (χ2n) is 4.06. The van der Waals surface area contributed by atoms with E-state index in [4.69, 9.17) is 10.5 Å². The Bertz CT molecular complexity index is 411. The average molecular weight is 238 g/mol. The number of halogens is 1. The van der Waals surface area contributed by atoms with Gasteiger partial charge in [0.05, 0.1) is 6.10 Å². The third-order valence-electron chi connectivity index (χ3n) is 2.76. The summed E-state index contributed by atoms with van der Waals surface area (Å²) in [6, 6.07) is 5.78. The fourth-order valence-corrected chi connectivity index (χ4v) is 1.86.